The van der Waals surface area contributed by atoms with Gasteiger partial charge in [-0.1, -0.05) is 30.3 Å². The van der Waals surface area contributed by atoms with Crippen LogP contribution in [0.3, 0.4) is 0 Å². The third-order valence-corrected chi connectivity index (χ3v) is 8.50. The van der Waals surface area contributed by atoms with E-state index >= 15 is 4.39 Å². The average molecular weight is 528 g/mol. The monoisotopic (exact) mass is 527 g/mol. The van der Waals surface area contributed by atoms with Crippen molar-refractivity contribution >= 4 is 21.8 Å². The van der Waals surface area contributed by atoms with Crippen molar-refractivity contribution in [2.24, 2.45) is 7.05 Å². The molecule has 1 amide bonds. The molecule has 2 aromatic carbocycles. The molecule has 1 fully saturated rings. The van der Waals surface area contributed by atoms with Crippen LogP contribution in [-0.2, 0) is 48.0 Å². The highest BCUT2D eigenvalue weighted by Gasteiger charge is 2.39. The van der Waals surface area contributed by atoms with Crippen LogP contribution in [0.15, 0.2) is 36.4 Å². The molecule has 1 N–H and O–H groups in total. The zero-order valence-electron chi connectivity index (χ0n) is 21.1. The molecule has 0 unspecified atom stereocenters. The van der Waals surface area contributed by atoms with Crippen molar-refractivity contribution < 1.29 is 22.3 Å². The Labute approximate surface area is 216 Å². The van der Waals surface area contributed by atoms with Gasteiger partial charge in [0, 0.05) is 37.9 Å². The third-order valence-electron chi connectivity index (χ3n) is 7.12. The summed E-state index contributed by atoms with van der Waals surface area (Å²) in [5.41, 5.74) is 5.13. The first kappa shape index (κ1) is 25.2. The van der Waals surface area contributed by atoms with Crippen molar-refractivity contribution in [3.63, 3.8) is 0 Å². The van der Waals surface area contributed by atoms with Gasteiger partial charge >= 0.3 is 10.2 Å². The normalized spacial score (nSPS) is 17.1. The molecule has 5 rings (SSSR count). The van der Waals surface area contributed by atoms with Crippen LogP contribution in [0.5, 0.6) is 5.75 Å². The maximum Gasteiger partial charge on any atom is 0.326 e. The maximum absolute atomic E-state index is 16.2. The first-order valence-electron chi connectivity index (χ1n) is 12.2. The quantitative estimate of drug-likeness (QED) is 0.507. The number of amides is 1. The maximum atomic E-state index is 16.2. The number of carbonyl (C=O) groups excluding carboxylic acids is 1. The van der Waals surface area contributed by atoms with E-state index in [-0.39, 0.29) is 18.0 Å². The molecule has 11 heteroatoms. The lowest BCUT2D eigenvalue weighted by Gasteiger charge is -2.31. The average Bonchev–Trinajstić information content (AvgIpc) is 3.28. The minimum Gasteiger partial charge on any atom is -0.487 e. The predicted molar refractivity (Wildman–Crippen MR) is 137 cm³/mol. The van der Waals surface area contributed by atoms with Gasteiger partial charge in [-0.3, -0.25) is 14.4 Å². The van der Waals surface area contributed by atoms with Crippen molar-refractivity contribution in [1.82, 2.24) is 19.4 Å². The molecule has 0 atom stereocenters. The van der Waals surface area contributed by atoms with E-state index in [2.05, 4.69) is 10.00 Å². The number of nitrogens with one attached hydrogen (secondary N) is 1. The second-order valence-corrected chi connectivity index (χ2v) is 11.1. The Hall–Kier alpha value is -3.44. The molecule has 0 radical (unpaired) electrons. The number of rotatable bonds is 7. The van der Waals surface area contributed by atoms with Gasteiger partial charge in [0.2, 0.25) is 0 Å². The molecule has 3 aromatic rings. The molecule has 0 aliphatic carbocycles. The Morgan fingerprint density at radius 2 is 1.92 bits per heavy atom. The number of fused-ring (bicyclic) bond motifs is 1. The van der Waals surface area contributed by atoms with Gasteiger partial charge in [0.1, 0.15) is 24.6 Å². The van der Waals surface area contributed by atoms with Gasteiger partial charge in [-0.05, 0) is 49.4 Å². The summed E-state index contributed by atoms with van der Waals surface area (Å²) < 4.78 is 52.0. The van der Waals surface area contributed by atoms with E-state index in [1.54, 1.807) is 6.07 Å². The lowest BCUT2D eigenvalue weighted by atomic mass is 9.97. The largest absolute Gasteiger partial charge is 0.487 e. The van der Waals surface area contributed by atoms with Crippen LogP contribution in [0.2, 0.25) is 0 Å². The standard InChI is InChI=1S/C26H30FN5O4S/c1-17-21(18(2)30(3)28-17)10-12-31-11-9-20-13-23(36-16-19-7-5-4-6-8-19)26(25(27)22(20)14-31)32-15-24(33)29-37(32,34)35/h4-8,13H,9-12,14-16H2,1-3H3,(H,29,33). The minimum absolute atomic E-state index is 0.107. The van der Waals surface area contributed by atoms with Crippen LogP contribution in [0.1, 0.15) is 33.6 Å². The number of carbonyl (C=O) groups is 1. The zero-order valence-corrected chi connectivity index (χ0v) is 21.9. The van der Waals surface area contributed by atoms with Gasteiger partial charge in [0.05, 0.1) is 5.69 Å². The molecule has 0 saturated carbocycles. The number of hydrogen-bond acceptors (Lipinski definition) is 6. The lowest BCUT2D eigenvalue weighted by Crippen LogP contribution is -2.35. The predicted octanol–water partition coefficient (Wildman–Crippen LogP) is 2.54. The fourth-order valence-corrected chi connectivity index (χ4v) is 6.20. The number of aryl methyl sites for hydroxylation is 2. The molecule has 1 aromatic heterocycles. The number of nitrogens with zero attached hydrogens (tertiary/aromatic N) is 4. The van der Waals surface area contributed by atoms with E-state index in [9.17, 15) is 13.2 Å². The number of ether oxygens (including phenoxy) is 1. The summed E-state index contributed by atoms with van der Waals surface area (Å²) in [6.07, 6.45) is 1.38. The van der Waals surface area contributed by atoms with Crippen molar-refractivity contribution in [3.8, 4) is 5.75 Å². The molecule has 0 spiro atoms. The summed E-state index contributed by atoms with van der Waals surface area (Å²) in [5, 5.41) is 4.48. The number of aromatic nitrogens is 2. The van der Waals surface area contributed by atoms with Gasteiger partial charge < -0.3 is 4.74 Å². The van der Waals surface area contributed by atoms with Crippen molar-refractivity contribution in [2.45, 2.75) is 39.8 Å². The molecule has 2 aliphatic heterocycles. The van der Waals surface area contributed by atoms with E-state index in [1.807, 2.05) is 60.6 Å². The van der Waals surface area contributed by atoms with Gasteiger partial charge in [0.15, 0.2) is 5.82 Å². The summed E-state index contributed by atoms with van der Waals surface area (Å²) >= 11 is 0. The van der Waals surface area contributed by atoms with E-state index in [1.165, 1.54) is 5.56 Å². The Bertz CT molecular complexity index is 1460. The molecule has 3 heterocycles. The number of hydrogen-bond donors (Lipinski definition) is 1. The van der Waals surface area contributed by atoms with Crippen LogP contribution in [-0.4, -0.2) is 48.6 Å². The van der Waals surface area contributed by atoms with Crippen LogP contribution in [0.4, 0.5) is 10.1 Å². The summed E-state index contributed by atoms with van der Waals surface area (Å²) in [5.74, 6) is -1.27. The number of benzene rings is 2. The van der Waals surface area contributed by atoms with Gasteiger partial charge in [-0.2, -0.15) is 13.5 Å². The fraction of sp³-hybridized carbons (Fsp3) is 0.385. The highest BCUT2D eigenvalue weighted by Crippen LogP contribution is 2.40. The zero-order chi connectivity index (χ0) is 26.3. The van der Waals surface area contributed by atoms with Gasteiger partial charge in [-0.15, -0.1) is 0 Å². The molecule has 9 nitrogen and oxygen atoms in total. The second-order valence-electron chi connectivity index (χ2n) is 9.54. The van der Waals surface area contributed by atoms with Crippen molar-refractivity contribution in [1.29, 1.82) is 0 Å². The van der Waals surface area contributed by atoms with E-state index in [0.29, 0.717) is 18.5 Å². The highest BCUT2D eigenvalue weighted by atomic mass is 32.2. The van der Waals surface area contributed by atoms with Crippen LogP contribution in [0.25, 0.3) is 0 Å². The minimum atomic E-state index is -4.22. The van der Waals surface area contributed by atoms with Gasteiger partial charge in [0.25, 0.3) is 5.91 Å². The summed E-state index contributed by atoms with van der Waals surface area (Å²) in [6, 6.07) is 11.1. The molecule has 37 heavy (non-hydrogen) atoms. The summed E-state index contributed by atoms with van der Waals surface area (Å²) in [7, 11) is -2.30. The van der Waals surface area contributed by atoms with E-state index in [0.717, 1.165) is 46.3 Å². The molecule has 2 aliphatic rings. The Kier molecular flexibility index (Phi) is 6.67. The molecular weight excluding hydrogens is 497 g/mol. The Balaban J connectivity index is 1.45. The van der Waals surface area contributed by atoms with Crippen LogP contribution in [0, 0.1) is 19.7 Å². The molecular formula is C26H30FN5O4S. The van der Waals surface area contributed by atoms with E-state index in [4.69, 9.17) is 4.74 Å². The number of anilines is 1. The van der Waals surface area contributed by atoms with Crippen LogP contribution < -0.4 is 13.8 Å². The number of halogens is 1. The second kappa shape index (κ2) is 9.79. The van der Waals surface area contributed by atoms with E-state index < -0.39 is 28.5 Å². The third kappa shape index (κ3) is 4.93. The highest BCUT2D eigenvalue weighted by molar-refractivity contribution is 7.92. The Morgan fingerprint density at radius 3 is 2.57 bits per heavy atom. The first-order chi connectivity index (χ1) is 17.6. The fourth-order valence-electron chi connectivity index (χ4n) is 5.04. The van der Waals surface area contributed by atoms with Crippen LogP contribution >= 0.6 is 0 Å². The smallest absolute Gasteiger partial charge is 0.326 e. The van der Waals surface area contributed by atoms with Gasteiger partial charge in [-0.25, -0.2) is 13.4 Å². The Morgan fingerprint density at radius 1 is 1.16 bits per heavy atom. The summed E-state index contributed by atoms with van der Waals surface area (Å²) in [6.45, 7) is 5.46. The lowest BCUT2D eigenvalue weighted by molar-refractivity contribution is -0.117. The summed E-state index contributed by atoms with van der Waals surface area (Å²) in [4.78, 5) is 14.1. The van der Waals surface area contributed by atoms with Crippen molar-refractivity contribution in [2.75, 3.05) is 23.9 Å². The van der Waals surface area contributed by atoms with Crippen molar-refractivity contribution in [3.05, 3.63) is 75.9 Å². The topological polar surface area (TPSA) is 96.8 Å². The first-order valence-corrected chi connectivity index (χ1v) is 13.6. The molecule has 1 saturated heterocycles. The molecule has 196 valence electrons. The SMILES string of the molecule is Cc1nn(C)c(C)c1CCN1CCc2cc(OCc3ccccc3)c(N3CC(=O)NS3(=O)=O)c(F)c2C1. The molecule has 0 bridgehead atoms.